The van der Waals surface area contributed by atoms with Crippen LogP contribution in [0.15, 0.2) is 0 Å². The Bertz CT molecular complexity index is 1270. The van der Waals surface area contributed by atoms with Gasteiger partial charge in [-0.3, -0.25) is 37.3 Å². The van der Waals surface area contributed by atoms with Crippen LogP contribution in [-0.4, -0.2) is 96.7 Å². The van der Waals surface area contributed by atoms with Crippen molar-refractivity contribution in [1.29, 1.82) is 0 Å². The van der Waals surface area contributed by atoms with Gasteiger partial charge in [-0.1, -0.05) is 156 Å². The van der Waals surface area contributed by atoms with Crippen LogP contribution in [0.25, 0.3) is 0 Å². The Morgan fingerprint density at radius 1 is 0.397 bits per heavy atom. The molecule has 0 rings (SSSR count). The first-order valence-corrected chi connectivity index (χ1v) is 26.8. The van der Waals surface area contributed by atoms with Crippen LogP contribution in [0.2, 0.25) is 0 Å². The number of rotatable bonds is 45. The van der Waals surface area contributed by atoms with E-state index in [1.165, 1.54) is 64.7 Å². The average Bonchev–Trinajstić information content (AvgIpc) is 3.25. The molecule has 0 radical (unpaired) electrons. The molecule has 0 saturated carbocycles. The predicted molar refractivity (Wildman–Crippen MR) is 238 cm³/mol. The SMILES string of the molecule is CCCCCCCCCCCCCCCC(=O)OC[C@H](COP(=O)(O)OC[C@H](O)COP(=O)(O)OC[C@@H](COC(=O)CCCCC)OC(=O)CC)OC(=O)CCCCCCCCC. The fraction of sp³-hybridized carbons (Fsp3) is 0.909. The van der Waals surface area contributed by atoms with Crippen LogP contribution in [-0.2, 0) is 65.4 Å². The number of phosphoric ester groups is 2. The summed E-state index contributed by atoms with van der Waals surface area (Å²) in [6.07, 6.45) is 20.6. The molecule has 0 heterocycles. The second-order valence-corrected chi connectivity index (χ2v) is 18.9. The Morgan fingerprint density at radius 2 is 0.683 bits per heavy atom. The molecule has 0 aliphatic rings. The molecular weight excluding hydrogens is 862 g/mol. The molecule has 0 saturated heterocycles. The minimum atomic E-state index is -4.91. The van der Waals surface area contributed by atoms with E-state index in [1.54, 1.807) is 0 Å². The quantitative estimate of drug-likeness (QED) is 0.0223. The van der Waals surface area contributed by atoms with Gasteiger partial charge in [0.05, 0.1) is 26.4 Å². The lowest BCUT2D eigenvalue weighted by Gasteiger charge is -2.21. The van der Waals surface area contributed by atoms with E-state index in [1.807, 2.05) is 6.92 Å². The smallest absolute Gasteiger partial charge is 0.462 e. The average molecular weight is 947 g/mol. The van der Waals surface area contributed by atoms with Gasteiger partial charge in [0, 0.05) is 25.7 Å². The summed E-state index contributed by atoms with van der Waals surface area (Å²) in [5.74, 6) is -2.29. The van der Waals surface area contributed by atoms with E-state index in [4.69, 9.17) is 37.0 Å². The van der Waals surface area contributed by atoms with Crippen LogP contribution in [0.5, 0.6) is 0 Å². The minimum Gasteiger partial charge on any atom is -0.462 e. The molecule has 63 heavy (non-hydrogen) atoms. The first-order chi connectivity index (χ1) is 30.2. The van der Waals surface area contributed by atoms with E-state index in [9.17, 15) is 43.2 Å². The Morgan fingerprint density at radius 3 is 1.05 bits per heavy atom. The maximum absolute atomic E-state index is 12.7. The van der Waals surface area contributed by atoms with Crippen molar-refractivity contribution in [2.75, 3.05) is 39.6 Å². The highest BCUT2D eigenvalue weighted by molar-refractivity contribution is 7.47. The van der Waals surface area contributed by atoms with Crippen LogP contribution in [0, 0.1) is 0 Å². The number of aliphatic hydroxyl groups is 1. The molecule has 372 valence electrons. The molecule has 5 atom stereocenters. The second-order valence-electron chi connectivity index (χ2n) is 16.0. The molecule has 19 heteroatoms. The Labute approximate surface area is 377 Å². The summed E-state index contributed by atoms with van der Waals surface area (Å²) >= 11 is 0. The molecule has 2 unspecified atom stereocenters. The van der Waals surface area contributed by atoms with Crippen molar-refractivity contribution in [3.63, 3.8) is 0 Å². The molecule has 0 aromatic rings. The largest absolute Gasteiger partial charge is 0.472 e. The Balaban J connectivity index is 4.92. The van der Waals surface area contributed by atoms with Crippen molar-refractivity contribution in [2.45, 2.75) is 219 Å². The number of hydrogen-bond donors (Lipinski definition) is 3. The van der Waals surface area contributed by atoms with Gasteiger partial charge in [0.2, 0.25) is 0 Å². The molecule has 0 bridgehead atoms. The van der Waals surface area contributed by atoms with E-state index in [0.29, 0.717) is 19.3 Å². The standard InChI is InChI=1S/C44H84O17P2/c1-5-9-12-14-16-17-18-19-20-21-23-24-27-30-43(48)55-35-40(61-44(49)31-28-25-22-15-13-10-6-2)37-59-63(52,53)57-33-38(45)32-56-62(50,51)58-36-39(60-41(46)8-4)34-54-42(47)29-26-11-7-3/h38-40,45H,5-37H2,1-4H3,(H,50,51)(H,52,53)/t38-,39-,40-/m1/s1. The maximum Gasteiger partial charge on any atom is 0.472 e. The molecule has 0 amide bonds. The van der Waals surface area contributed by atoms with Gasteiger partial charge in [0.15, 0.2) is 12.2 Å². The van der Waals surface area contributed by atoms with E-state index in [0.717, 1.165) is 70.6 Å². The number of phosphoric acid groups is 2. The number of aliphatic hydroxyl groups excluding tert-OH is 1. The lowest BCUT2D eigenvalue weighted by molar-refractivity contribution is -0.161. The van der Waals surface area contributed by atoms with Crippen LogP contribution < -0.4 is 0 Å². The highest BCUT2D eigenvalue weighted by atomic mass is 31.2. The van der Waals surface area contributed by atoms with Gasteiger partial charge in [0.1, 0.15) is 19.3 Å². The zero-order valence-corrected chi connectivity index (χ0v) is 40.8. The van der Waals surface area contributed by atoms with Crippen molar-refractivity contribution in [1.82, 2.24) is 0 Å². The van der Waals surface area contributed by atoms with Crippen LogP contribution in [0.3, 0.4) is 0 Å². The highest BCUT2D eigenvalue weighted by Gasteiger charge is 2.30. The Hall–Kier alpha value is -1.94. The topological polar surface area (TPSA) is 237 Å². The van der Waals surface area contributed by atoms with Gasteiger partial charge in [-0.25, -0.2) is 9.13 Å². The summed E-state index contributed by atoms with van der Waals surface area (Å²) in [6, 6.07) is 0. The minimum absolute atomic E-state index is 0.0169. The molecule has 0 aliphatic heterocycles. The normalized spacial score (nSPS) is 14.8. The van der Waals surface area contributed by atoms with Crippen LogP contribution >= 0.6 is 15.6 Å². The van der Waals surface area contributed by atoms with Gasteiger partial charge in [-0.15, -0.1) is 0 Å². The van der Waals surface area contributed by atoms with Crippen molar-refractivity contribution in [2.24, 2.45) is 0 Å². The summed E-state index contributed by atoms with van der Waals surface area (Å²) in [7, 11) is -9.79. The fourth-order valence-electron chi connectivity index (χ4n) is 6.13. The molecule has 0 aromatic heterocycles. The predicted octanol–water partition coefficient (Wildman–Crippen LogP) is 10.1. The Kier molecular flexibility index (Phi) is 39.1. The molecule has 3 N–H and O–H groups in total. The van der Waals surface area contributed by atoms with E-state index < -0.39 is 97.5 Å². The maximum atomic E-state index is 12.7. The first-order valence-electron chi connectivity index (χ1n) is 23.8. The highest BCUT2D eigenvalue weighted by Crippen LogP contribution is 2.45. The zero-order chi connectivity index (χ0) is 47.0. The van der Waals surface area contributed by atoms with Crippen LogP contribution in [0.4, 0.5) is 0 Å². The molecular formula is C44H84O17P2. The third-order valence-electron chi connectivity index (χ3n) is 9.91. The lowest BCUT2D eigenvalue weighted by atomic mass is 10.0. The van der Waals surface area contributed by atoms with Crippen molar-refractivity contribution in [3.05, 3.63) is 0 Å². The van der Waals surface area contributed by atoms with Crippen molar-refractivity contribution >= 4 is 39.5 Å². The van der Waals surface area contributed by atoms with Gasteiger partial charge < -0.3 is 33.8 Å². The van der Waals surface area contributed by atoms with Gasteiger partial charge in [-0.2, -0.15) is 0 Å². The van der Waals surface area contributed by atoms with Gasteiger partial charge in [0.25, 0.3) is 0 Å². The molecule has 17 nitrogen and oxygen atoms in total. The lowest BCUT2D eigenvalue weighted by Crippen LogP contribution is -2.30. The zero-order valence-electron chi connectivity index (χ0n) is 39.0. The van der Waals surface area contributed by atoms with Gasteiger partial charge in [-0.05, 0) is 19.3 Å². The second kappa shape index (κ2) is 40.3. The summed E-state index contributed by atoms with van der Waals surface area (Å²) in [5.41, 5.74) is 0. The summed E-state index contributed by atoms with van der Waals surface area (Å²) in [5, 5.41) is 10.3. The summed E-state index contributed by atoms with van der Waals surface area (Å²) in [6.45, 7) is 3.87. The van der Waals surface area contributed by atoms with Crippen molar-refractivity contribution < 1.29 is 80.2 Å². The van der Waals surface area contributed by atoms with Crippen LogP contribution in [0.1, 0.15) is 201 Å². The third-order valence-corrected chi connectivity index (χ3v) is 11.8. The number of unbranched alkanes of at least 4 members (excludes halogenated alkanes) is 20. The number of hydrogen-bond acceptors (Lipinski definition) is 15. The summed E-state index contributed by atoms with van der Waals surface area (Å²) < 4.78 is 65.7. The van der Waals surface area contributed by atoms with Gasteiger partial charge >= 0.3 is 39.5 Å². The molecule has 0 aliphatic carbocycles. The monoisotopic (exact) mass is 947 g/mol. The number of carbonyl (C=O) groups excluding carboxylic acids is 4. The first kappa shape index (κ1) is 61.1. The number of ether oxygens (including phenoxy) is 4. The molecule has 0 fully saturated rings. The fourth-order valence-corrected chi connectivity index (χ4v) is 7.71. The molecule has 0 spiro atoms. The number of esters is 4. The van der Waals surface area contributed by atoms with E-state index in [2.05, 4.69) is 13.8 Å². The third kappa shape index (κ3) is 40.1. The van der Waals surface area contributed by atoms with Crippen molar-refractivity contribution in [3.8, 4) is 0 Å². The molecule has 0 aromatic carbocycles. The summed E-state index contributed by atoms with van der Waals surface area (Å²) in [4.78, 5) is 69.4. The number of carbonyl (C=O) groups is 4. The van der Waals surface area contributed by atoms with E-state index in [-0.39, 0.29) is 25.7 Å². The van der Waals surface area contributed by atoms with E-state index >= 15 is 0 Å².